The standard InChI is InChI=1S/C25H20FNO5S/c1-14(10-23(28)27-20-8-9-33-24(20)25(29)31-3)17-11-18-19(15-4-6-16(26)7-5-15)13-32-22(18)12-21(17)30-2/h4-13H,1-3H3,(H,27,28)/b14-10+. The number of methoxy groups -OCH3 is 2. The van der Waals surface area contributed by atoms with Gasteiger partial charge in [-0.25, -0.2) is 9.18 Å². The van der Waals surface area contributed by atoms with Gasteiger partial charge in [-0.1, -0.05) is 12.1 Å². The molecule has 0 atom stereocenters. The molecule has 4 aromatic rings. The second-order valence-electron chi connectivity index (χ2n) is 7.18. The van der Waals surface area contributed by atoms with Crippen molar-refractivity contribution in [1.82, 2.24) is 0 Å². The number of carbonyl (C=O) groups excluding carboxylic acids is 2. The maximum Gasteiger partial charge on any atom is 0.350 e. The quantitative estimate of drug-likeness (QED) is 0.273. The van der Waals surface area contributed by atoms with Crippen LogP contribution in [0.5, 0.6) is 5.75 Å². The van der Waals surface area contributed by atoms with Crippen molar-refractivity contribution in [3.05, 3.63) is 76.4 Å². The number of anilines is 1. The third-order valence-corrected chi connectivity index (χ3v) is 6.01. The molecule has 33 heavy (non-hydrogen) atoms. The van der Waals surface area contributed by atoms with E-state index in [1.165, 1.54) is 43.8 Å². The van der Waals surface area contributed by atoms with Crippen LogP contribution in [-0.4, -0.2) is 26.1 Å². The fourth-order valence-electron chi connectivity index (χ4n) is 3.49. The minimum atomic E-state index is -0.513. The van der Waals surface area contributed by atoms with Gasteiger partial charge in [-0.05, 0) is 47.7 Å². The summed E-state index contributed by atoms with van der Waals surface area (Å²) in [6.07, 6.45) is 3.04. The van der Waals surface area contributed by atoms with Crippen LogP contribution in [0.2, 0.25) is 0 Å². The molecule has 0 fully saturated rings. The molecule has 0 aliphatic carbocycles. The SMILES string of the molecule is COC(=O)c1sccc1NC(=O)/C=C(\C)c1cc2c(-c3ccc(F)cc3)coc2cc1OC. The first-order valence-electron chi connectivity index (χ1n) is 9.92. The molecule has 2 aromatic heterocycles. The van der Waals surface area contributed by atoms with Gasteiger partial charge in [0.05, 0.1) is 26.2 Å². The number of fused-ring (bicyclic) bond motifs is 1. The highest BCUT2D eigenvalue weighted by atomic mass is 32.1. The van der Waals surface area contributed by atoms with Gasteiger partial charge >= 0.3 is 5.97 Å². The van der Waals surface area contributed by atoms with E-state index in [-0.39, 0.29) is 5.82 Å². The Hall–Kier alpha value is -3.91. The van der Waals surface area contributed by atoms with Crippen molar-refractivity contribution in [1.29, 1.82) is 0 Å². The molecular weight excluding hydrogens is 445 g/mol. The third-order valence-electron chi connectivity index (χ3n) is 5.12. The first-order valence-corrected chi connectivity index (χ1v) is 10.8. The highest BCUT2D eigenvalue weighted by Gasteiger charge is 2.17. The van der Waals surface area contributed by atoms with E-state index in [9.17, 15) is 14.0 Å². The molecule has 2 aromatic carbocycles. The Morgan fingerprint density at radius 3 is 2.58 bits per heavy atom. The van der Waals surface area contributed by atoms with Crippen molar-refractivity contribution >= 4 is 45.4 Å². The predicted octanol–water partition coefficient (Wildman–Crippen LogP) is 6.14. The number of amides is 1. The molecular formula is C25H20FNO5S. The van der Waals surface area contributed by atoms with Crippen LogP contribution >= 0.6 is 11.3 Å². The monoisotopic (exact) mass is 465 g/mol. The minimum absolute atomic E-state index is 0.318. The fourth-order valence-corrected chi connectivity index (χ4v) is 4.25. The summed E-state index contributed by atoms with van der Waals surface area (Å²) >= 11 is 1.18. The van der Waals surface area contributed by atoms with Gasteiger partial charge in [0.25, 0.3) is 0 Å². The van der Waals surface area contributed by atoms with Crippen molar-refractivity contribution in [2.45, 2.75) is 6.92 Å². The van der Waals surface area contributed by atoms with Crippen LogP contribution in [0, 0.1) is 5.82 Å². The van der Waals surface area contributed by atoms with Gasteiger partial charge < -0.3 is 19.2 Å². The summed E-state index contributed by atoms with van der Waals surface area (Å²) in [4.78, 5) is 24.8. The van der Waals surface area contributed by atoms with E-state index in [0.29, 0.717) is 33.0 Å². The number of nitrogens with one attached hydrogen (secondary N) is 1. The van der Waals surface area contributed by atoms with Crippen molar-refractivity contribution in [3.63, 3.8) is 0 Å². The number of rotatable bonds is 6. The fraction of sp³-hybridized carbons (Fsp3) is 0.120. The Labute approximate surface area is 193 Å². The van der Waals surface area contributed by atoms with E-state index in [0.717, 1.165) is 16.5 Å². The van der Waals surface area contributed by atoms with Crippen LogP contribution in [0.15, 0.2) is 64.6 Å². The number of furan rings is 1. The number of esters is 1. The van der Waals surface area contributed by atoms with Crippen molar-refractivity contribution in [2.24, 2.45) is 0 Å². The number of benzene rings is 2. The normalized spacial score (nSPS) is 11.5. The van der Waals surface area contributed by atoms with Crippen LogP contribution in [0.1, 0.15) is 22.2 Å². The van der Waals surface area contributed by atoms with E-state index in [4.69, 9.17) is 13.9 Å². The molecule has 0 spiro atoms. The Bertz CT molecular complexity index is 1370. The smallest absolute Gasteiger partial charge is 0.350 e. The number of allylic oxidation sites excluding steroid dienone is 1. The lowest BCUT2D eigenvalue weighted by atomic mass is 9.99. The molecule has 6 nitrogen and oxygen atoms in total. The van der Waals surface area contributed by atoms with Gasteiger partial charge in [-0.2, -0.15) is 0 Å². The van der Waals surface area contributed by atoms with Crippen LogP contribution in [0.3, 0.4) is 0 Å². The first kappa shape index (κ1) is 22.3. The molecule has 1 amide bonds. The largest absolute Gasteiger partial charge is 0.496 e. The molecule has 0 bridgehead atoms. The van der Waals surface area contributed by atoms with Crippen LogP contribution < -0.4 is 10.1 Å². The van der Waals surface area contributed by atoms with Crippen LogP contribution in [0.25, 0.3) is 27.7 Å². The third kappa shape index (κ3) is 4.51. The number of hydrogen-bond acceptors (Lipinski definition) is 6. The lowest BCUT2D eigenvalue weighted by Crippen LogP contribution is -2.11. The summed E-state index contributed by atoms with van der Waals surface area (Å²) in [5, 5.41) is 5.22. The van der Waals surface area contributed by atoms with Crippen molar-refractivity contribution in [3.8, 4) is 16.9 Å². The van der Waals surface area contributed by atoms with Gasteiger partial charge in [0, 0.05) is 28.7 Å². The van der Waals surface area contributed by atoms with E-state index in [1.54, 1.807) is 42.8 Å². The second-order valence-corrected chi connectivity index (χ2v) is 8.09. The van der Waals surface area contributed by atoms with Gasteiger partial charge in [-0.3, -0.25) is 4.79 Å². The summed E-state index contributed by atoms with van der Waals surface area (Å²) in [6.45, 7) is 1.79. The Balaban J connectivity index is 1.69. The number of thiophene rings is 1. The van der Waals surface area contributed by atoms with E-state index in [2.05, 4.69) is 5.32 Å². The van der Waals surface area contributed by atoms with Crippen LogP contribution in [0.4, 0.5) is 10.1 Å². The Kier molecular flexibility index (Phi) is 6.28. The Morgan fingerprint density at radius 1 is 1.12 bits per heavy atom. The zero-order valence-corrected chi connectivity index (χ0v) is 18.9. The van der Waals surface area contributed by atoms with Gasteiger partial charge in [0.2, 0.25) is 5.91 Å². The number of hydrogen-bond donors (Lipinski definition) is 1. The lowest BCUT2D eigenvalue weighted by molar-refractivity contribution is -0.111. The topological polar surface area (TPSA) is 77.8 Å². The zero-order chi connectivity index (χ0) is 23.5. The summed E-state index contributed by atoms with van der Waals surface area (Å²) < 4.78 is 29.3. The molecule has 4 rings (SSSR count). The zero-order valence-electron chi connectivity index (χ0n) is 18.1. The summed E-state index contributed by atoms with van der Waals surface area (Å²) in [5.41, 5.74) is 3.94. The molecule has 8 heteroatoms. The van der Waals surface area contributed by atoms with E-state index in [1.807, 2.05) is 6.07 Å². The molecule has 1 N–H and O–H groups in total. The summed E-state index contributed by atoms with van der Waals surface area (Å²) in [5.74, 6) is -0.694. The lowest BCUT2D eigenvalue weighted by Gasteiger charge is -2.10. The molecule has 0 aliphatic heterocycles. The number of ether oxygens (including phenoxy) is 2. The van der Waals surface area contributed by atoms with Crippen LogP contribution in [-0.2, 0) is 9.53 Å². The molecule has 0 saturated carbocycles. The van der Waals surface area contributed by atoms with Crippen molar-refractivity contribution in [2.75, 3.05) is 19.5 Å². The maximum absolute atomic E-state index is 13.3. The average Bonchev–Trinajstić information content (AvgIpc) is 3.44. The number of carbonyl (C=O) groups is 2. The molecule has 0 radical (unpaired) electrons. The van der Waals surface area contributed by atoms with Gasteiger partial charge in [0.15, 0.2) is 0 Å². The second kappa shape index (κ2) is 9.30. The maximum atomic E-state index is 13.3. The molecule has 2 heterocycles. The van der Waals surface area contributed by atoms with Gasteiger partial charge in [-0.15, -0.1) is 11.3 Å². The highest BCUT2D eigenvalue weighted by molar-refractivity contribution is 7.12. The number of halogens is 1. The average molecular weight is 466 g/mol. The Morgan fingerprint density at radius 2 is 1.88 bits per heavy atom. The first-order chi connectivity index (χ1) is 15.9. The summed E-state index contributed by atoms with van der Waals surface area (Å²) in [7, 11) is 2.83. The summed E-state index contributed by atoms with van der Waals surface area (Å²) in [6, 6.07) is 11.4. The van der Waals surface area contributed by atoms with Gasteiger partial charge in [0.1, 0.15) is 22.0 Å². The van der Waals surface area contributed by atoms with Crippen molar-refractivity contribution < 1.29 is 27.9 Å². The molecule has 0 unspecified atom stereocenters. The minimum Gasteiger partial charge on any atom is -0.496 e. The molecule has 168 valence electrons. The predicted molar refractivity (Wildman–Crippen MR) is 126 cm³/mol. The highest BCUT2D eigenvalue weighted by Crippen LogP contribution is 2.37. The van der Waals surface area contributed by atoms with E-state index < -0.39 is 11.9 Å². The van der Waals surface area contributed by atoms with E-state index >= 15 is 0 Å². The molecule has 0 saturated heterocycles. The molecule has 0 aliphatic rings.